The maximum atomic E-state index is 15.2. The molecule has 0 unspecified atom stereocenters. The van der Waals surface area contributed by atoms with Gasteiger partial charge in [0.15, 0.2) is 11.6 Å². The Morgan fingerprint density at radius 3 is 2.33 bits per heavy atom. The van der Waals surface area contributed by atoms with Crippen molar-refractivity contribution in [3.05, 3.63) is 66.5 Å². The first-order valence-corrected chi connectivity index (χ1v) is 12.1. The summed E-state index contributed by atoms with van der Waals surface area (Å²) in [6, 6.07) is 9.72. The summed E-state index contributed by atoms with van der Waals surface area (Å²) in [4.78, 5) is 48.5. The number of hydrogen-bond acceptors (Lipinski definition) is 7. The smallest absolute Gasteiger partial charge is 0.323 e. The topological polar surface area (TPSA) is 140 Å². The van der Waals surface area contributed by atoms with Gasteiger partial charge < -0.3 is 20.1 Å². The number of nitrogens with zero attached hydrogens (tertiary/aromatic N) is 4. The average molecular weight is 539 g/mol. The number of carbonyl (C=O) groups excluding carboxylic acids is 3. The number of amides is 4. The number of nitrogens with two attached hydrogens (primary N) is 1. The first-order chi connectivity index (χ1) is 18.8. The lowest BCUT2D eigenvalue weighted by atomic mass is 10.0. The summed E-state index contributed by atoms with van der Waals surface area (Å²) in [6.45, 7) is 1.76. The predicted molar refractivity (Wildman–Crippen MR) is 134 cm³/mol. The Bertz CT molecular complexity index is 1410. The summed E-state index contributed by atoms with van der Waals surface area (Å²) < 4.78 is 39.6. The van der Waals surface area contributed by atoms with Crippen LogP contribution in [0.15, 0.2) is 54.9 Å². The molecule has 0 spiro atoms. The van der Waals surface area contributed by atoms with Crippen molar-refractivity contribution >= 4 is 35.0 Å². The summed E-state index contributed by atoms with van der Waals surface area (Å²) in [6.07, 6.45) is 1.69. The monoisotopic (exact) mass is 538 g/mol. The van der Waals surface area contributed by atoms with Crippen molar-refractivity contribution in [2.24, 2.45) is 11.1 Å². The van der Waals surface area contributed by atoms with E-state index in [9.17, 15) is 18.8 Å². The van der Waals surface area contributed by atoms with Crippen LogP contribution in [0.4, 0.5) is 30.8 Å². The van der Waals surface area contributed by atoms with Crippen LogP contribution in [-0.2, 0) is 14.3 Å². The van der Waals surface area contributed by atoms with Crippen molar-refractivity contribution in [1.29, 1.82) is 0 Å². The first kappa shape index (κ1) is 26.0. The van der Waals surface area contributed by atoms with Gasteiger partial charge in [0, 0.05) is 30.9 Å². The van der Waals surface area contributed by atoms with Gasteiger partial charge in [-0.25, -0.2) is 23.5 Å². The standard InChI is InChI=1S/C26H24F2N6O5/c27-16-1-3-17(4-2-16)34(24(36)26(7-8-26)23(29)35)18-5-6-20(19(28)13-18)39-22-14-21(30-15-31-22)32-25(37)33-9-11-38-12-10-33/h1-6,13-15H,7-12H2,(H2,29,35)(H,30,31,32,37). The van der Waals surface area contributed by atoms with Crippen molar-refractivity contribution in [3.63, 3.8) is 0 Å². The maximum absolute atomic E-state index is 15.2. The molecular weight excluding hydrogens is 514 g/mol. The Morgan fingerprint density at radius 1 is 1.00 bits per heavy atom. The molecule has 0 atom stereocenters. The molecule has 1 aliphatic heterocycles. The Labute approximate surface area is 221 Å². The van der Waals surface area contributed by atoms with E-state index in [-0.39, 0.29) is 47.7 Å². The van der Waals surface area contributed by atoms with E-state index in [0.29, 0.717) is 26.3 Å². The van der Waals surface area contributed by atoms with Crippen LogP contribution in [-0.4, -0.2) is 59.0 Å². The summed E-state index contributed by atoms with van der Waals surface area (Å²) in [5.74, 6) is -2.87. The lowest BCUT2D eigenvalue weighted by Gasteiger charge is -2.27. The van der Waals surface area contributed by atoms with Crippen molar-refractivity contribution in [2.75, 3.05) is 36.5 Å². The number of ether oxygens (including phenoxy) is 2. The fourth-order valence-electron chi connectivity index (χ4n) is 4.12. The Hall–Kier alpha value is -4.65. The molecule has 3 N–H and O–H groups in total. The number of anilines is 3. The lowest BCUT2D eigenvalue weighted by Crippen LogP contribution is -2.43. The number of nitrogens with one attached hydrogen (secondary N) is 1. The van der Waals surface area contributed by atoms with Gasteiger partial charge in [0.2, 0.25) is 17.7 Å². The molecule has 3 aromatic rings. The third kappa shape index (κ3) is 5.48. The number of morpholine rings is 1. The molecule has 1 aliphatic carbocycles. The molecule has 2 aliphatic rings. The van der Waals surface area contributed by atoms with Crippen LogP contribution in [0.1, 0.15) is 12.8 Å². The van der Waals surface area contributed by atoms with Crippen molar-refractivity contribution < 1.29 is 32.6 Å². The van der Waals surface area contributed by atoms with E-state index in [1.165, 1.54) is 30.3 Å². The van der Waals surface area contributed by atoms with Crippen LogP contribution in [0.2, 0.25) is 0 Å². The molecule has 1 saturated heterocycles. The van der Waals surface area contributed by atoms with Crippen LogP contribution in [0.25, 0.3) is 0 Å². The normalized spacial score (nSPS) is 15.8. The minimum Gasteiger partial charge on any atom is -0.436 e. The van der Waals surface area contributed by atoms with Gasteiger partial charge >= 0.3 is 6.03 Å². The van der Waals surface area contributed by atoms with Crippen LogP contribution in [0.3, 0.4) is 0 Å². The van der Waals surface area contributed by atoms with E-state index in [1.807, 2.05) is 0 Å². The number of primary amides is 1. The molecule has 1 saturated carbocycles. The van der Waals surface area contributed by atoms with E-state index in [2.05, 4.69) is 15.3 Å². The van der Waals surface area contributed by atoms with Gasteiger partial charge in [-0.3, -0.25) is 19.8 Å². The molecule has 2 fully saturated rings. The molecule has 39 heavy (non-hydrogen) atoms. The van der Waals surface area contributed by atoms with Crippen molar-refractivity contribution in [1.82, 2.24) is 14.9 Å². The average Bonchev–Trinajstić information content (AvgIpc) is 3.75. The maximum Gasteiger partial charge on any atom is 0.323 e. The van der Waals surface area contributed by atoms with Crippen molar-refractivity contribution in [2.45, 2.75) is 12.8 Å². The van der Waals surface area contributed by atoms with Gasteiger partial charge in [0.05, 0.1) is 18.9 Å². The molecule has 4 amide bonds. The zero-order valence-electron chi connectivity index (χ0n) is 20.6. The number of rotatable bonds is 7. The second kappa shape index (κ2) is 10.6. The van der Waals surface area contributed by atoms with Gasteiger partial charge in [-0.05, 0) is 49.2 Å². The van der Waals surface area contributed by atoms with E-state index in [0.717, 1.165) is 29.4 Å². The van der Waals surface area contributed by atoms with Gasteiger partial charge in [-0.15, -0.1) is 0 Å². The third-order valence-electron chi connectivity index (χ3n) is 6.48. The molecule has 11 nitrogen and oxygen atoms in total. The SMILES string of the molecule is NC(=O)C1(C(=O)N(c2ccc(F)cc2)c2ccc(Oc3cc(NC(=O)N4CCOCC4)ncn3)c(F)c2)CC1. The number of carbonyl (C=O) groups is 3. The van der Waals surface area contributed by atoms with Gasteiger partial charge in [0.1, 0.15) is 23.4 Å². The van der Waals surface area contributed by atoms with E-state index in [4.69, 9.17) is 15.2 Å². The zero-order chi connectivity index (χ0) is 27.6. The molecule has 2 aromatic carbocycles. The summed E-state index contributed by atoms with van der Waals surface area (Å²) in [5.41, 5.74) is 4.41. The summed E-state index contributed by atoms with van der Waals surface area (Å²) >= 11 is 0. The number of urea groups is 1. The van der Waals surface area contributed by atoms with Crippen LogP contribution >= 0.6 is 0 Å². The molecule has 5 rings (SSSR count). The highest BCUT2D eigenvalue weighted by molar-refractivity contribution is 6.16. The van der Waals surface area contributed by atoms with Crippen LogP contribution in [0, 0.1) is 17.0 Å². The molecule has 0 bridgehead atoms. The minimum atomic E-state index is -1.40. The molecule has 2 heterocycles. The minimum absolute atomic E-state index is 0.0361. The first-order valence-electron chi connectivity index (χ1n) is 12.1. The summed E-state index contributed by atoms with van der Waals surface area (Å²) in [5, 5.41) is 2.64. The highest BCUT2D eigenvalue weighted by atomic mass is 19.1. The number of benzene rings is 2. The highest BCUT2D eigenvalue weighted by Gasteiger charge is 2.57. The quantitative estimate of drug-likeness (QED) is 0.440. The molecule has 0 radical (unpaired) electrons. The van der Waals surface area contributed by atoms with Gasteiger partial charge in [-0.2, -0.15) is 0 Å². The number of halogens is 2. The van der Waals surface area contributed by atoms with E-state index in [1.54, 1.807) is 4.90 Å². The van der Waals surface area contributed by atoms with E-state index >= 15 is 4.39 Å². The lowest BCUT2D eigenvalue weighted by molar-refractivity contribution is -0.133. The molecular formula is C26H24F2N6O5. The largest absolute Gasteiger partial charge is 0.436 e. The fourth-order valence-corrected chi connectivity index (χ4v) is 4.12. The second-order valence-corrected chi connectivity index (χ2v) is 9.05. The fraction of sp³-hybridized carbons (Fsp3) is 0.269. The van der Waals surface area contributed by atoms with Crippen LogP contribution < -0.4 is 20.7 Å². The molecule has 202 valence electrons. The Balaban J connectivity index is 1.37. The van der Waals surface area contributed by atoms with E-state index < -0.39 is 28.9 Å². The zero-order valence-corrected chi connectivity index (χ0v) is 20.6. The van der Waals surface area contributed by atoms with Crippen molar-refractivity contribution in [3.8, 4) is 11.6 Å². The molecule has 1 aromatic heterocycles. The van der Waals surface area contributed by atoms with Crippen LogP contribution in [0.5, 0.6) is 11.6 Å². The van der Waals surface area contributed by atoms with Gasteiger partial charge in [0.25, 0.3) is 0 Å². The predicted octanol–water partition coefficient (Wildman–Crippen LogP) is 3.34. The summed E-state index contributed by atoms with van der Waals surface area (Å²) in [7, 11) is 0. The Kier molecular flexibility index (Phi) is 7.07. The number of aromatic nitrogens is 2. The second-order valence-electron chi connectivity index (χ2n) is 9.05. The number of hydrogen-bond donors (Lipinski definition) is 2. The Morgan fingerprint density at radius 2 is 1.69 bits per heavy atom. The van der Waals surface area contributed by atoms with Gasteiger partial charge in [-0.1, -0.05) is 0 Å². The highest BCUT2D eigenvalue weighted by Crippen LogP contribution is 2.49. The molecule has 13 heteroatoms. The third-order valence-corrected chi connectivity index (χ3v) is 6.48.